The van der Waals surface area contributed by atoms with E-state index in [2.05, 4.69) is 20.6 Å². The van der Waals surface area contributed by atoms with E-state index in [4.69, 9.17) is 4.42 Å². The van der Waals surface area contributed by atoms with Gasteiger partial charge in [0.05, 0.1) is 10.6 Å². The number of nitro groups is 1. The molecule has 24 heavy (non-hydrogen) atoms. The van der Waals surface area contributed by atoms with Crippen LogP contribution in [0.4, 0.5) is 11.5 Å². The molecule has 0 unspecified atom stereocenters. The minimum absolute atomic E-state index is 0.0419. The summed E-state index contributed by atoms with van der Waals surface area (Å²) in [5.74, 6) is 0.684. The first-order valence-corrected chi connectivity index (χ1v) is 6.87. The Morgan fingerprint density at radius 3 is 2.54 bits per heavy atom. The van der Waals surface area contributed by atoms with E-state index < -0.39 is 4.92 Å². The van der Waals surface area contributed by atoms with Gasteiger partial charge in [-0.25, -0.2) is 4.68 Å². The molecule has 0 aliphatic rings. The number of amides is 1. The third kappa shape index (κ3) is 2.97. The van der Waals surface area contributed by atoms with Crippen LogP contribution in [0.3, 0.4) is 0 Å². The molecule has 2 heterocycles. The normalized spacial score (nSPS) is 10.6. The number of nitrogens with zero attached hydrogens (tertiary/aromatic N) is 5. The molecule has 0 bridgehead atoms. The highest BCUT2D eigenvalue weighted by molar-refractivity contribution is 5.88. The van der Waals surface area contributed by atoms with Crippen LogP contribution in [0, 0.1) is 17.0 Å². The van der Waals surface area contributed by atoms with Crippen LogP contribution in [-0.2, 0) is 4.79 Å². The van der Waals surface area contributed by atoms with Gasteiger partial charge >= 0.3 is 0 Å². The molecule has 0 saturated carbocycles. The topological polar surface area (TPSA) is 129 Å². The molecule has 10 nitrogen and oxygen atoms in total. The number of anilines is 1. The average Bonchev–Trinajstić information content (AvgIpc) is 3.13. The maximum atomic E-state index is 11.4. The van der Waals surface area contributed by atoms with Crippen LogP contribution in [0.25, 0.3) is 17.3 Å². The minimum Gasteiger partial charge on any atom is -0.420 e. The van der Waals surface area contributed by atoms with Gasteiger partial charge in [-0.05, 0) is 12.1 Å². The van der Waals surface area contributed by atoms with Crippen LogP contribution in [0.2, 0.25) is 0 Å². The lowest BCUT2D eigenvalue weighted by Gasteiger charge is -2.06. The Kier molecular flexibility index (Phi) is 3.78. The fourth-order valence-electron chi connectivity index (χ4n) is 2.07. The molecule has 2 aromatic heterocycles. The van der Waals surface area contributed by atoms with Gasteiger partial charge in [0.2, 0.25) is 11.8 Å². The Morgan fingerprint density at radius 2 is 2.00 bits per heavy atom. The Bertz CT molecular complexity index is 912. The number of aryl methyl sites for hydroxylation is 1. The zero-order valence-corrected chi connectivity index (χ0v) is 12.8. The van der Waals surface area contributed by atoms with E-state index in [-0.39, 0.29) is 17.5 Å². The van der Waals surface area contributed by atoms with Gasteiger partial charge in [0.1, 0.15) is 5.82 Å². The van der Waals surface area contributed by atoms with Gasteiger partial charge in [0.15, 0.2) is 5.69 Å². The van der Waals surface area contributed by atoms with Crippen molar-refractivity contribution in [1.82, 2.24) is 20.0 Å². The van der Waals surface area contributed by atoms with E-state index >= 15 is 0 Å². The van der Waals surface area contributed by atoms with Gasteiger partial charge in [-0.3, -0.25) is 14.9 Å². The van der Waals surface area contributed by atoms with E-state index in [1.54, 1.807) is 13.0 Å². The molecule has 0 spiro atoms. The molecule has 1 N–H and O–H groups in total. The molecule has 10 heteroatoms. The number of carbonyl (C=O) groups excluding carboxylic acids is 1. The second-order valence-corrected chi connectivity index (χ2v) is 4.91. The molecular weight excluding hydrogens is 316 g/mol. The smallest absolute Gasteiger partial charge is 0.269 e. The highest BCUT2D eigenvalue weighted by Crippen LogP contribution is 2.25. The molecular formula is C14H12N6O4. The highest BCUT2D eigenvalue weighted by Gasteiger charge is 2.17. The summed E-state index contributed by atoms with van der Waals surface area (Å²) in [4.78, 5) is 21.7. The number of non-ortho nitro benzene ring substituents is 1. The maximum absolute atomic E-state index is 11.4. The van der Waals surface area contributed by atoms with Crippen molar-refractivity contribution < 1.29 is 14.1 Å². The lowest BCUT2D eigenvalue weighted by molar-refractivity contribution is -0.384. The average molecular weight is 328 g/mol. The van der Waals surface area contributed by atoms with Gasteiger partial charge < -0.3 is 9.73 Å². The molecule has 0 atom stereocenters. The van der Waals surface area contributed by atoms with E-state index in [1.165, 1.54) is 35.9 Å². The van der Waals surface area contributed by atoms with E-state index in [0.29, 0.717) is 23.1 Å². The number of hydrogen-bond acceptors (Lipinski definition) is 7. The van der Waals surface area contributed by atoms with Crippen LogP contribution in [0.1, 0.15) is 12.8 Å². The molecule has 3 rings (SSSR count). The lowest BCUT2D eigenvalue weighted by Crippen LogP contribution is -2.10. The van der Waals surface area contributed by atoms with E-state index in [1.807, 2.05) is 0 Å². The van der Waals surface area contributed by atoms with Gasteiger partial charge in [0, 0.05) is 32.0 Å². The molecule has 0 fully saturated rings. The Morgan fingerprint density at radius 1 is 1.29 bits per heavy atom. The Hall–Kier alpha value is -3.56. The van der Waals surface area contributed by atoms with Crippen molar-refractivity contribution in [3.05, 3.63) is 46.3 Å². The summed E-state index contributed by atoms with van der Waals surface area (Å²) in [7, 11) is 0. The van der Waals surface area contributed by atoms with Gasteiger partial charge in [-0.15, -0.1) is 10.2 Å². The number of carbonyl (C=O) groups is 1. The summed E-state index contributed by atoms with van der Waals surface area (Å²) in [5, 5.41) is 25.3. The molecule has 3 aromatic rings. The van der Waals surface area contributed by atoms with Gasteiger partial charge in [0.25, 0.3) is 11.6 Å². The van der Waals surface area contributed by atoms with Crippen molar-refractivity contribution in [2.24, 2.45) is 0 Å². The summed E-state index contributed by atoms with van der Waals surface area (Å²) in [6.45, 7) is 3.02. The molecule has 0 aliphatic heterocycles. The standard InChI is InChI=1S/C14H12N6O4/c1-8(21)15-13-7-12(14-17-16-9(2)24-14)18-19(13)10-3-5-11(6-4-10)20(22)23/h3-7H,1-2H3,(H,15,21). The number of benzene rings is 1. The minimum atomic E-state index is -0.492. The number of rotatable bonds is 4. The zero-order valence-electron chi connectivity index (χ0n) is 12.8. The molecule has 0 aliphatic carbocycles. The SMILES string of the molecule is CC(=O)Nc1cc(-c2nnc(C)o2)nn1-c1ccc([N+](=O)[O-])cc1. The molecule has 1 amide bonds. The van der Waals surface area contributed by atoms with Gasteiger partial charge in [-0.2, -0.15) is 5.10 Å². The summed E-state index contributed by atoms with van der Waals surface area (Å²) < 4.78 is 6.76. The maximum Gasteiger partial charge on any atom is 0.269 e. The number of nitro benzene ring substituents is 1. The number of hydrogen-bond donors (Lipinski definition) is 1. The van der Waals surface area contributed by atoms with Crippen LogP contribution >= 0.6 is 0 Å². The highest BCUT2D eigenvalue weighted by atomic mass is 16.6. The fraction of sp³-hybridized carbons (Fsp3) is 0.143. The third-order valence-corrected chi connectivity index (χ3v) is 3.06. The second-order valence-electron chi connectivity index (χ2n) is 4.91. The van der Waals surface area contributed by atoms with Crippen LogP contribution in [-0.4, -0.2) is 30.8 Å². The summed E-state index contributed by atoms with van der Waals surface area (Å²) >= 11 is 0. The fourth-order valence-corrected chi connectivity index (χ4v) is 2.07. The number of nitrogens with one attached hydrogen (secondary N) is 1. The van der Waals surface area contributed by atoms with E-state index in [0.717, 1.165) is 0 Å². The van der Waals surface area contributed by atoms with Crippen molar-refractivity contribution in [3.8, 4) is 17.3 Å². The van der Waals surface area contributed by atoms with Crippen molar-refractivity contribution in [1.29, 1.82) is 0 Å². The largest absolute Gasteiger partial charge is 0.420 e. The summed E-state index contributed by atoms with van der Waals surface area (Å²) in [6, 6.07) is 7.34. The van der Waals surface area contributed by atoms with Gasteiger partial charge in [-0.1, -0.05) is 0 Å². The molecule has 122 valence electrons. The first-order chi connectivity index (χ1) is 11.4. The molecule has 1 aromatic carbocycles. The van der Waals surface area contributed by atoms with Crippen molar-refractivity contribution in [3.63, 3.8) is 0 Å². The van der Waals surface area contributed by atoms with Crippen LogP contribution < -0.4 is 5.32 Å². The van der Waals surface area contributed by atoms with Crippen LogP contribution in [0.15, 0.2) is 34.7 Å². The van der Waals surface area contributed by atoms with E-state index in [9.17, 15) is 14.9 Å². The molecule has 0 saturated heterocycles. The summed E-state index contributed by atoms with van der Waals surface area (Å²) in [6.07, 6.45) is 0. The monoisotopic (exact) mass is 328 g/mol. The second kappa shape index (κ2) is 5.91. The Balaban J connectivity index is 2.05. The quantitative estimate of drug-likeness (QED) is 0.573. The number of aromatic nitrogens is 4. The van der Waals surface area contributed by atoms with Crippen LogP contribution in [0.5, 0.6) is 0 Å². The van der Waals surface area contributed by atoms with Crippen molar-refractivity contribution in [2.75, 3.05) is 5.32 Å². The van der Waals surface area contributed by atoms with Crippen molar-refractivity contribution >= 4 is 17.4 Å². The Labute approximate surface area is 135 Å². The first-order valence-electron chi connectivity index (χ1n) is 6.87. The molecule has 0 radical (unpaired) electrons. The first kappa shape index (κ1) is 15.3. The predicted molar refractivity (Wildman–Crippen MR) is 82.6 cm³/mol. The van der Waals surface area contributed by atoms with Crippen molar-refractivity contribution in [2.45, 2.75) is 13.8 Å². The zero-order chi connectivity index (χ0) is 17.3. The predicted octanol–water partition coefficient (Wildman–Crippen LogP) is 2.10. The lowest BCUT2D eigenvalue weighted by atomic mass is 10.3. The summed E-state index contributed by atoms with van der Waals surface area (Å²) in [5.41, 5.74) is 0.865. The third-order valence-electron chi connectivity index (χ3n) is 3.06.